The van der Waals surface area contributed by atoms with E-state index in [1.807, 2.05) is 6.07 Å². The predicted octanol–water partition coefficient (Wildman–Crippen LogP) is 5.70. The standard InChI is InChI=1S/C28H29N3/c1-4-10-23(11-5-1)16-19-31-20-17-28(18-21-31,25-14-8-3-9-15-25)27-22-26(29-30-27)24-12-6-2-7-13-24/h1-15,22H,16-21H2,(H,29,30). The van der Waals surface area contributed by atoms with Crippen molar-refractivity contribution >= 4 is 0 Å². The van der Waals surface area contributed by atoms with Gasteiger partial charge in [-0.25, -0.2) is 0 Å². The van der Waals surface area contributed by atoms with Crippen LogP contribution in [-0.2, 0) is 11.8 Å². The quantitative estimate of drug-likeness (QED) is 0.444. The molecule has 2 heterocycles. The summed E-state index contributed by atoms with van der Waals surface area (Å²) in [5.41, 5.74) is 6.22. The van der Waals surface area contributed by atoms with Gasteiger partial charge in [-0.3, -0.25) is 5.10 Å². The summed E-state index contributed by atoms with van der Waals surface area (Å²) in [6, 6.07) is 34.5. The number of benzene rings is 3. The van der Waals surface area contributed by atoms with E-state index in [9.17, 15) is 0 Å². The van der Waals surface area contributed by atoms with Crippen molar-refractivity contribution in [1.82, 2.24) is 15.1 Å². The molecule has 1 aromatic heterocycles. The first-order chi connectivity index (χ1) is 15.3. The third kappa shape index (κ3) is 4.19. The van der Waals surface area contributed by atoms with Crippen molar-refractivity contribution in [3.63, 3.8) is 0 Å². The number of aromatic nitrogens is 2. The first-order valence-corrected chi connectivity index (χ1v) is 11.3. The van der Waals surface area contributed by atoms with Gasteiger partial charge in [0.15, 0.2) is 0 Å². The van der Waals surface area contributed by atoms with Crippen LogP contribution in [0.15, 0.2) is 97.1 Å². The molecule has 3 nitrogen and oxygen atoms in total. The summed E-state index contributed by atoms with van der Waals surface area (Å²) in [7, 11) is 0. The van der Waals surface area contributed by atoms with Crippen LogP contribution in [-0.4, -0.2) is 34.7 Å². The van der Waals surface area contributed by atoms with Crippen LogP contribution in [0, 0.1) is 0 Å². The third-order valence-corrected chi connectivity index (χ3v) is 6.76. The van der Waals surface area contributed by atoms with Crippen LogP contribution < -0.4 is 0 Å². The molecule has 3 heteroatoms. The van der Waals surface area contributed by atoms with Crippen LogP contribution in [0.4, 0.5) is 0 Å². The lowest BCUT2D eigenvalue weighted by molar-refractivity contribution is 0.178. The van der Waals surface area contributed by atoms with Crippen LogP contribution in [0.2, 0.25) is 0 Å². The lowest BCUT2D eigenvalue weighted by Gasteiger charge is -2.41. The third-order valence-electron chi connectivity index (χ3n) is 6.76. The highest BCUT2D eigenvalue weighted by Crippen LogP contribution is 2.41. The van der Waals surface area contributed by atoms with E-state index < -0.39 is 0 Å². The van der Waals surface area contributed by atoms with Crippen molar-refractivity contribution in [2.24, 2.45) is 0 Å². The van der Waals surface area contributed by atoms with Gasteiger partial charge in [-0.15, -0.1) is 0 Å². The van der Waals surface area contributed by atoms with Crippen LogP contribution in [0.1, 0.15) is 29.7 Å². The SMILES string of the molecule is c1ccc(CCN2CCC(c3ccccc3)(c3cc(-c4ccccc4)n[nH]3)CC2)cc1. The van der Waals surface area contributed by atoms with Crippen LogP contribution >= 0.6 is 0 Å². The molecule has 1 fully saturated rings. The fourth-order valence-corrected chi connectivity index (χ4v) is 4.88. The molecule has 0 radical (unpaired) electrons. The van der Waals surface area contributed by atoms with Crippen molar-refractivity contribution in [3.05, 3.63) is 114 Å². The molecule has 0 saturated carbocycles. The maximum absolute atomic E-state index is 4.69. The second kappa shape index (κ2) is 8.91. The molecule has 1 saturated heterocycles. The van der Waals surface area contributed by atoms with Crippen molar-refractivity contribution in [2.45, 2.75) is 24.7 Å². The van der Waals surface area contributed by atoms with Gasteiger partial charge in [0.25, 0.3) is 0 Å². The number of H-pyrrole nitrogens is 1. The van der Waals surface area contributed by atoms with Gasteiger partial charge in [-0.1, -0.05) is 91.0 Å². The van der Waals surface area contributed by atoms with Gasteiger partial charge in [0.1, 0.15) is 0 Å². The highest BCUT2D eigenvalue weighted by Gasteiger charge is 2.39. The van der Waals surface area contributed by atoms with Gasteiger partial charge in [-0.05, 0) is 49.5 Å². The molecule has 1 N–H and O–H groups in total. The zero-order valence-electron chi connectivity index (χ0n) is 17.9. The minimum absolute atomic E-state index is 0.00939. The minimum Gasteiger partial charge on any atom is -0.303 e. The molecule has 3 aromatic carbocycles. The van der Waals surface area contributed by atoms with Crippen molar-refractivity contribution in [1.29, 1.82) is 0 Å². The van der Waals surface area contributed by atoms with Gasteiger partial charge in [0, 0.05) is 23.2 Å². The number of nitrogens with one attached hydrogen (secondary N) is 1. The van der Waals surface area contributed by atoms with E-state index in [4.69, 9.17) is 0 Å². The van der Waals surface area contributed by atoms with E-state index in [2.05, 4.69) is 106 Å². The normalized spacial score (nSPS) is 16.3. The molecular formula is C28H29N3. The Kier molecular flexibility index (Phi) is 5.68. The Bertz CT molecular complexity index is 1080. The van der Waals surface area contributed by atoms with E-state index in [0.717, 1.165) is 50.2 Å². The number of likely N-dealkylation sites (tertiary alicyclic amines) is 1. The Morgan fingerprint density at radius 1 is 0.774 bits per heavy atom. The monoisotopic (exact) mass is 407 g/mol. The van der Waals surface area contributed by atoms with Crippen LogP contribution in [0.5, 0.6) is 0 Å². The molecule has 5 rings (SSSR count). The first kappa shape index (κ1) is 19.8. The second-order valence-electron chi connectivity index (χ2n) is 8.56. The topological polar surface area (TPSA) is 31.9 Å². The van der Waals surface area contributed by atoms with Gasteiger partial charge >= 0.3 is 0 Å². The second-order valence-corrected chi connectivity index (χ2v) is 8.56. The molecule has 31 heavy (non-hydrogen) atoms. The number of piperidine rings is 1. The number of hydrogen-bond donors (Lipinski definition) is 1. The average Bonchev–Trinajstić information content (AvgIpc) is 3.36. The zero-order chi connectivity index (χ0) is 20.9. The maximum Gasteiger partial charge on any atom is 0.0923 e. The van der Waals surface area contributed by atoms with Crippen LogP contribution in [0.25, 0.3) is 11.3 Å². The van der Waals surface area contributed by atoms with E-state index in [-0.39, 0.29) is 5.41 Å². The maximum atomic E-state index is 4.69. The predicted molar refractivity (Wildman–Crippen MR) is 127 cm³/mol. The molecule has 4 aromatic rings. The fraction of sp³-hybridized carbons (Fsp3) is 0.250. The highest BCUT2D eigenvalue weighted by molar-refractivity contribution is 5.60. The van der Waals surface area contributed by atoms with Crippen molar-refractivity contribution < 1.29 is 0 Å². The number of rotatable bonds is 6. The summed E-state index contributed by atoms with van der Waals surface area (Å²) in [6.45, 7) is 3.32. The molecular weight excluding hydrogens is 378 g/mol. The molecule has 0 bridgehead atoms. The van der Waals surface area contributed by atoms with E-state index in [1.165, 1.54) is 16.8 Å². The van der Waals surface area contributed by atoms with E-state index in [1.54, 1.807) is 0 Å². The molecule has 0 spiro atoms. The summed E-state index contributed by atoms with van der Waals surface area (Å²) in [6.07, 6.45) is 3.31. The summed E-state index contributed by atoms with van der Waals surface area (Å²) in [5, 5.41) is 8.11. The first-order valence-electron chi connectivity index (χ1n) is 11.3. The number of nitrogens with zero attached hydrogens (tertiary/aromatic N) is 2. The molecule has 0 amide bonds. The van der Waals surface area contributed by atoms with Gasteiger partial charge in [-0.2, -0.15) is 5.10 Å². The fourth-order valence-electron chi connectivity index (χ4n) is 4.88. The minimum atomic E-state index is -0.00939. The Morgan fingerprint density at radius 2 is 1.39 bits per heavy atom. The molecule has 0 aliphatic carbocycles. The smallest absolute Gasteiger partial charge is 0.0923 e. The Hall–Kier alpha value is -3.17. The molecule has 1 aliphatic heterocycles. The largest absolute Gasteiger partial charge is 0.303 e. The molecule has 0 atom stereocenters. The van der Waals surface area contributed by atoms with Gasteiger partial charge in [0.05, 0.1) is 5.69 Å². The van der Waals surface area contributed by atoms with Crippen molar-refractivity contribution in [2.75, 3.05) is 19.6 Å². The van der Waals surface area contributed by atoms with Crippen LogP contribution in [0.3, 0.4) is 0 Å². The summed E-state index contributed by atoms with van der Waals surface area (Å²) in [4.78, 5) is 2.61. The van der Waals surface area contributed by atoms with E-state index in [0.29, 0.717) is 0 Å². The Balaban J connectivity index is 1.37. The lowest BCUT2D eigenvalue weighted by Crippen LogP contribution is -2.44. The zero-order valence-corrected chi connectivity index (χ0v) is 17.9. The van der Waals surface area contributed by atoms with Gasteiger partial charge < -0.3 is 4.90 Å². The average molecular weight is 408 g/mol. The Morgan fingerprint density at radius 3 is 2.06 bits per heavy atom. The molecule has 156 valence electrons. The highest BCUT2D eigenvalue weighted by atomic mass is 15.2. The number of hydrogen-bond acceptors (Lipinski definition) is 2. The van der Waals surface area contributed by atoms with Gasteiger partial charge in [0.2, 0.25) is 0 Å². The molecule has 0 unspecified atom stereocenters. The lowest BCUT2D eigenvalue weighted by atomic mass is 9.70. The summed E-state index contributed by atoms with van der Waals surface area (Å²) in [5.74, 6) is 0. The molecule has 1 aliphatic rings. The summed E-state index contributed by atoms with van der Waals surface area (Å²) < 4.78 is 0. The number of aromatic amines is 1. The van der Waals surface area contributed by atoms with E-state index >= 15 is 0 Å². The van der Waals surface area contributed by atoms with Crippen molar-refractivity contribution in [3.8, 4) is 11.3 Å². The Labute approximate surface area is 184 Å². The summed E-state index contributed by atoms with van der Waals surface area (Å²) >= 11 is 0.